The molecule has 1 aromatic rings. The minimum absolute atomic E-state index is 0.0709. The third-order valence-corrected chi connectivity index (χ3v) is 5.46. The van der Waals surface area contributed by atoms with Gasteiger partial charge in [-0.15, -0.1) is 0 Å². The normalized spacial score (nSPS) is 25.1. The van der Waals surface area contributed by atoms with E-state index in [1.807, 2.05) is 4.90 Å². The lowest BCUT2D eigenvalue weighted by atomic mass is 10.2. The van der Waals surface area contributed by atoms with Gasteiger partial charge in [0, 0.05) is 26.2 Å². The molecular formula is C19H26FN5O3. The van der Waals surface area contributed by atoms with Gasteiger partial charge in [0.2, 0.25) is 5.91 Å². The Labute approximate surface area is 163 Å². The molecule has 3 aliphatic rings. The maximum atomic E-state index is 14.6. The first-order valence-electron chi connectivity index (χ1n) is 9.86. The molecule has 9 heteroatoms. The quantitative estimate of drug-likeness (QED) is 0.675. The summed E-state index contributed by atoms with van der Waals surface area (Å²) in [4.78, 5) is 27.7. The van der Waals surface area contributed by atoms with Crippen molar-refractivity contribution in [3.05, 3.63) is 24.0 Å². The molecule has 152 valence electrons. The van der Waals surface area contributed by atoms with Crippen LogP contribution in [-0.4, -0.2) is 70.0 Å². The predicted octanol–water partition coefficient (Wildman–Crippen LogP) is 0.429. The van der Waals surface area contributed by atoms with Crippen LogP contribution >= 0.6 is 0 Å². The van der Waals surface area contributed by atoms with E-state index in [0.717, 1.165) is 45.6 Å². The Kier molecular flexibility index (Phi) is 5.63. The standard InChI is InChI=1S/C19H26FN5O3/c20-15-10-13(3-4-17(15)24-8-6-21-7-9-24)25-12-14(28-19(25)27)11-23-18(26)16-2-1-5-22-16/h3-4,10,14,16,21-22H,1-2,5-9,11-12H2,(H,23,26)/t14-,16?/m0/s1. The van der Waals surface area contributed by atoms with Crippen LogP contribution in [0.15, 0.2) is 18.2 Å². The van der Waals surface area contributed by atoms with Gasteiger partial charge in [0.15, 0.2) is 0 Å². The van der Waals surface area contributed by atoms with E-state index in [0.29, 0.717) is 11.4 Å². The molecule has 0 spiro atoms. The minimum atomic E-state index is -0.521. The van der Waals surface area contributed by atoms with Gasteiger partial charge in [-0.25, -0.2) is 9.18 Å². The molecule has 2 amide bonds. The smallest absolute Gasteiger partial charge is 0.414 e. The maximum absolute atomic E-state index is 14.6. The number of nitrogens with zero attached hydrogens (tertiary/aromatic N) is 2. The molecule has 28 heavy (non-hydrogen) atoms. The SMILES string of the molecule is O=C(NC[C@H]1CN(c2ccc(N3CCNCC3)c(F)c2)C(=O)O1)C1CCCN1. The maximum Gasteiger partial charge on any atom is 0.414 e. The van der Waals surface area contributed by atoms with Gasteiger partial charge >= 0.3 is 6.09 Å². The fraction of sp³-hybridized carbons (Fsp3) is 0.579. The zero-order valence-electron chi connectivity index (χ0n) is 15.7. The lowest BCUT2D eigenvalue weighted by molar-refractivity contribution is -0.123. The highest BCUT2D eigenvalue weighted by molar-refractivity contribution is 5.90. The highest BCUT2D eigenvalue weighted by atomic mass is 19.1. The summed E-state index contributed by atoms with van der Waals surface area (Å²) in [5.41, 5.74) is 1.01. The number of benzene rings is 1. The van der Waals surface area contributed by atoms with Crippen LogP contribution in [0.3, 0.4) is 0 Å². The second kappa shape index (κ2) is 8.32. The van der Waals surface area contributed by atoms with E-state index in [2.05, 4.69) is 16.0 Å². The van der Waals surface area contributed by atoms with Crippen molar-refractivity contribution in [2.24, 2.45) is 0 Å². The Bertz CT molecular complexity index is 734. The first kappa shape index (κ1) is 18.9. The zero-order valence-corrected chi connectivity index (χ0v) is 15.7. The summed E-state index contributed by atoms with van der Waals surface area (Å²) >= 11 is 0. The monoisotopic (exact) mass is 391 g/mol. The largest absolute Gasteiger partial charge is 0.442 e. The summed E-state index contributed by atoms with van der Waals surface area (Å²) in [7, 11) is 0. The Balaban J connectivity index is 1.35. The molecule has 3 aliphatic heterocycles. The number of ether oxygens (including phenoxy) is 1. The molecule has 3 N–H and O–H groups in total. The molecule has 3 fully saturated rings. The third-order valence-electron chi connectivity index (χ3n) is 5.46. The van der Waals surface area contributed by atoms with Crippen molar-refractivity contribution >= 4 is 23.4 Å². The predicted molar refractivity (Wildman–Crippen MR) is 103 cm³/mol. The average Bonchev–Trinajstić information content (AvgIpc) is 3.37. The van der Waals surface area contributed by atoms with Crippen LogP contribution in [-0.2, 0) is 9.53 Å². The molecule has 0 aromatic heterocycles. The van der Waals surface area contributed by atoms with Crippen molar-refractivity contribution in [2.75, 3.05) is 55.6 Å². The molecule has 3 heterocycles. The van der Waals surface area contributed by atoms with E-state index in [1.54, 1.807) is 12.1 Å². The number of carbonyl (C=O) groups excluding carboxylic acids is 2. The minimum Gasteiger partial charge on any atom is -0.442 e. The number of hydrogen-bond donors (Lipinski definition) is 3. The fourth-order valence-corrected chi connectivity index (χ4v) is 3.91. The van der Waals surface area contributed by atoms with Gasteiger partial charge in [0.05, 0.1) is 30.5 Å². The molecule has 0 radical (unpaired) electrons. The number of halogens is 1. The van der Waals surface area contributed by atoms with Gasteiger partial charge in [-0.1, -0.05) is 0 Å². The lowest BCUT2D eigenvalue weighted by Crippen LogP contribution is -2.44. The highest BCUT2D eigenvalue weighted by Crippen LogP contribution is 2.28. The van der Waals surface area contributed by atoms with Crippen LogP contribution in [0.2, 0.25) is 0 Å². The summed E-state index contributed by atoms with van der Waals surface area (Å²) in [6, 6.07) is 4.66. The first-order chi connectivity index (χ1) is 13.6. The van der Waals surface area contributed by atoms with Gasteiger partial charge in [-0.05, 0) is 37.6 Å². The number of nitrogens with one attached hydrogen (secondary N) is 3. The Hall–Kier alpha value is -2.39. The van der Waals surface area contributed by atoms with E-state index < -0.39 is 12.2 Å². The van der Waals surface area contributed by atoms with Gasteiger partial charge in [0.1, 0.15) is 11.9 Å². The number of piperazine rings is 1. The Morgan fingerprint density at radius 1 is 1.29 bits per heavy atom. The van der Waals surface area contributed by atoms with Crippen molar-refractivity contribution in [3.8, 4) is 0 Å². The second-order valence-electron chi connectivity index (χ2n) is 7.38. The van der Waals surface area contributed by atoms with E-state index in [4.69, 9.17) is 4.74 Å². The summed E-state index contributed by atoms with van der Waals surface area (Å²) < 4.78 is 20.0. The van der Waals surface area contributed by atoms with E-state index in [-0.39, 0.29) is 30.9 Å². The van der Waals surface area contributed by atoms with Crippen molar-refractivity contribution in [2.45, 2.75) is 25.0 Å². The number of carbonyl (C=O) groups is 2. The van der Waals surface area contributed by atoms with E-state index in [9.17, 15) is 14.0 Å². The number of anilines is 2. The molecule has 0 saturated carbocycles. The van der Waals surface area contributed by atoms with Crippen LogP contribution in [0, 0.1) is 5.82 Å². The molecule has 4 rings (SSSR count). The molecule has 0 bridgehead atoms. The van der Waals surface area contributed by atoms with Crippen LogP contribution in [0.4, 0.5) is 20.6 Å². The highest BCUT2D eigenvalue weighted by Gasteiger charge is 2.33. The number of cyclic esters (lactones) is 1. The molecule has 0 aliphatic carbocycles. The number of rotatable bonds is 5. The molecule has 3 saturated heterocycles. The van der Waals surface area contributed by atoms with Crippen LogP contribution in [0.1, 0.15) is 12.8 Å². The summed E-state index contributed by atoms with van der Waals surface area (Å²) in [6.07, 6.45) is 0.835. The summed E-state index contributed by atoms with van der Waals surface area (Å²) in [6.45, 7) is 4.52. The summed E-state index contributed by atoms with van der Waals surface area (Å²) in [5, 5.41) is 9.21. The van der Waals surface area contributed by atoms with Crippen molar-refractivity contribution in [1.29, 1.82) is 0 Å². The van der Waals surface area contributed by atoms with Crippen molar-refractivity contribution in [1.82, 2.24) is 16.0 Å². The fourth-order valence-electron chi connectivity index (χ4n) is 3.91. The van der Waals surface area contributed by atoms with Crippen LogP contribution in [0.5, 0.6) is 0 Å². The zero-order chi connectivity index (χ0) is 19.5. The molecule has 8 nitrogen and oxygen atoms in total. The average molecular weight is 391 g/mol. The third kappa shape index (κ3) is 4.05. The van der Waals surface area contributed by atoms with Crippen molar-refractivity contribution in [3.63, 3.8) is 0 Å². The van der Waals surface area contributed by atoms with Gasteiger partial charge in [0.25, 0.3) is 0 Å². The van der Waals surface area contributed by atoms with E-state index >= 15 is 0 Å². The topological polar surface area (TPSA) is 85.9 Å². The van der Waals surface area contributed by atoms with Crippen molar-refractivity contribution < 1.29 is 18.7 Å². The lowest BCUT2D eigenvalue weighted by Gasteiger charge is -2.30. The second-order valence-corrected chi connectivity index (χ2v) is 7.38. The van der Waals surface area contributed by atoms with E-state index in [1.165, 1.54) is 11.0 Å². The molecule has 1 unspecified atom stereocenters. The van der Waals surface area contributed by atoms with Gasteiger partial charge in [-0.3, -0.25) is 9.69 Å². The Morgan fingerprint density at radius 3 is 2.82 bits per heavy atom. The Morgan fingerprint density at radius 2 is 2.11 bits per heavy atom. The molecule has 2 atom stereocenters. The van der Waals surface area contributed by atoms with Crippen LogP contribution < -0.4 is 25.8 Å². The van der Waals surface area contributed by atoms with Crippen LogP contribution in [0.25, 0.3) is 0 Å². The van der Waals surface area contributed by atoms with Gasteiger partial charge < -0.3 is 25.6 Å². The number of amides is 2. The summed E-state index contributed by atoms with van der Waals surface area (Å²) in [5.74, 6) is -0.422. The molecular weight excluding hydrogens is 365 g/mol. The first-order valence-corrected chi connectivity index (χ1v) is 9.86. The molecule has 1 aromatic carbocycles. The van der Waals surface area contributed by atoms with Gasteiger partial charge in [-0.2, -0.15) is 0 Å². The number of hydrogen-bond acceptors (Lipinski definition) is 6.